The van der Waals surface area contributed by atoms with Gasteiger partial charge in [-0.3, -0.25) is 4.79 Å². The number of methoxy groups -OCH3 is 1. The Hall–Kier alpha value is -1.89. The lowest BCUT2D eigenvalue weighted by molar-refractivity contribution is -0.137. The van der Waals surface area contributed by atoms with Crippen LogP contribution >= 0.6 is 11.8 Å². The van der Waals surface area contributed by atoms with Crippen molar-refractivity contribution in [2.75, 3.05) is 37.8 Å². The van der Waals surface area contributed by atoms with Crippen LogP contribution in [0.25, 0.3) is 0 Å². The van der Waals surface area contributed by atoms with Gasteiger partial charge in [-0.25, -0.2) is 4.79 Å². The number of amides is 3. The normalized spacial score (nSPS) is 19.1. The van der Waals surface area contributed by atoms with E-state index in [9.17, 15) is 9.59 Å². The number of hydrogen-bond acceptors (Lipinski definition) is 4. The second-order valence-electron chi connectivity index (χ2n) is 7.09. The highest BCUT2D eigenvalue weighted by Gasteiger charge is 2.47. The van der Waals surface area contributed by atoms with Gasteiger partial charge in [0.05, 0.1) is 12.0 Å². The number of carbonyl (C=O) groups is 2. The molecule has 2 aliphatic rings. The summed E-state index contributed by atoms with van der Waals surface area (Å²) in [7, 11) is 1.61. The first kappa shape index (κ1) is 18.9. The van der Waals surface area contributed by atoms with E-state index in [1.54, 1.807) is 13.2 Å². The quantitative estimate of drug-likeness (QED) is 0.878. The first-order chi connectivity index (χ1) is 12.4. The van der Waals surface area contributed by atoms with Gasteiger partial charge in [0, 0.05) is 43.1 Å². The third-order valence-corrected chi connectivity index (χ3v) is 6.64. The highest BCUT2D eigenvalue weighted by Crippen LogP contribution is 2.44. The molecule has 1 spiro atoms. The highest BCUT2D eigenvalue weighted by atomic mass is 32.2. The van der Waals surface area contributed by atoms with E-state index in [0.717, 1.165) is 30.8 Å². The van der Waals surface area contributed by atoms with Crippen molar-refractivity contribution in [3.05, 3.63) is 24.3 Å². The van der Waals surface area contributed by atoms with E-state index in [0.29, 0.717) is 18.8 Å². The van der Waals surface area contributed by atoms with Crippen LogP contribution in [0, 0.1) is 5.92 Å². The molecule has 0 unspecified atom stereocenters. The minimum absolute atomic E-state index is 0.0139. The predicted molar refractivity (Wildman–Crippen MR) is 105 cm³/mol. The molecule has 1 N–H and O–H groups in total. The number of hydrogen-bond donors (Lipinski definition) is 1. The van der Waals surface area contributed by atoms with Crippen LogP contribution in [0.15, 0.2) is 24.3 Å². The molecule has 2 heterocycles. The maximum absolute atomic E-state index is 12.6. The number of anilines is 1. The van der Waals surface area contributed by atoms with E-state index in [1.165, 1.54) is 0 Å². The van der Waals surface area contributed by atoms with Crippen molar-refractivity contribution in [3.63, 3.8) is 0 Å². The van der Waals surface area contributed by atoms with Crippen LogP contribution in [0.2, 0.25) is 0 Å². The summed E-state index contributed by atoms with van der Waals surface area (Å²) in [6, 6.07) is 7.25. The molecule has 2 aliphatic heterocycles. The van der Waals surface area contributed by atoms with Crippen molar-refractivity contribution >= 4 is 29.4 Å². The van der Waals surface area contributed by atoms with Crippen LogP contribution < -0.4 is 10.1 Å². The summed E-state index contributed by atoms with van der Waals surface area (Å²) in [6.07, 6.45) is 1.64. The Bertz CT molecular complexity index is 672. The molecule has 1 aromatic carbocycles. The Kier molecular flexibility index (Phi) is 5.65. The molecule has 0 aromatic heterocycles. The van der Waals surface area contributed by atoms with Gasteiger partial charge in [0.2, 0.25) is 5.91 Å². The summed E-state index contributed by atoms with van der Waals surface area (Å²) in [5.41, 5.74) is 0.724. The maximum atomic E-state index is 12.6. The predicted octanol–water partition coefficient (Wildman–Crippen LogP) is 3.25. The third-order valence-electron chi connectivity index (χ3n) is 5.09. The van der Waals surface area contributed by atoms with Crippen LogP contribution in [0.4, 0.5) is 10.5 Å². The molecule has 0 aliphatic carbocycles. The van der Waals surface area contributed by atoms with E-state index in [-0.39, 0.29) is 22.7 Å². The zero-order chi connectivity index (χ0) is 18.7. The molecule has 0 saturated carbocycles. The first-order valence-electron chi connectivity index (χ1n) is 9.10. The van der Waals surface area contributed by atoms with Crippen LogP contribution in [0.3, 0.4) is 0 Å². The molecule has 2 fully saturated rings. The molecule has 3 amide bonds. The minimum atomic E-state index is -0.131. The summed E-state index contributed by atoms with van der Waals surface area (Å²) in [4.78, 5) is 28.9. The Morgan fingerprint density at radius 1 is 1.23 bits per heavy atom. The zero-order valence-corrected chi connectivity index (χ0v) is 16.5. The maximum Gasteiger partial charge on any atom is 0.321 e. The number of carbonyl (C=O) groups excluding carboxylic acids is 2. The smallest absolute Gasteiger partial charge is 0.321 e. The molecular weight excluding hydrogens is 350 g/mol. The summed E-state index contributed by atoms with van der Waals surface area (Å²) in [6.45, 7) is 6.04. The van der Waals surface area contributed by atoms with E-state index in [4.69, 9.17) is 4.74 Å². The Morgan fingerprint density at radius 3 is 2.62 bits per heavy atom. The molecule has 26 heavy (non-hydrogen) atoms. The van der Waals surface area contributed by atoms with Gasteiger partial charge >= 0.3 is 6.03 Å². The highest BCUT2D eigenvalue weighted by molar-refractivity contribution is 8.00. The lowest BCUT2D eigenvalue weighted by atomic mass is 10.0. The largest absolute Gasteiger partial charge is 0.497 e. The summed E-state index contributed by atoms with van der Waals surface area (Å²) in [5, 5.41) is 2.94. The standard InChI is InChI=1S/C19H27N3O3S/c1-14(2)17(23)22-11-12-26-19(22)7-9-21(10-8-19)18(24)20-15-5-4-6-16(13-15)25-3/h4-6,13-14H,7-12H2,1-3H3,(H,20,24). The second kappa shape index (κ2) is 7.78. The van der Waals surface area contributed by atoms with Crippen molar-refractivity contribution in [3.8, 4) is 5.75 Å². The van der Waals surface area contributed by atoms with Gasteiger partial charge in [0.15, 0.2) is 0 Å². The second-order valence-corrected chi connectivity index (χ2v) is 8.55. The Morgan fingerprint density at radius 2 is 1.96 bits per heavy atom. The molecule has 0 bridgehead atoms. The lowest BCUT2D eigenvalue weighted by Gasteiger charge is -2.44. The molecule has 6 nitrogen and oxygen atoms in total. The average Bonchev–Trinajstić information content (AvgIpc) is 3.04. The van der Waals surface area contributed by atoms with Crippen molar-refractivity contribution in [1.82, 2.24) is 9.80 Å². The summed E-state index contributed by atoms with van der Waals surface area (Å²) in [5.74, 6) is 1.93. The molecule has 7 heteroatoms. The third kappa shape index (κ3) is 3.77. The van der Waals surface area contributed by atoms with Gasteiger partial charge < -0.3 is 19.9 Å². The Labute approximate surface area is 159 Å². The van der Waals surface area contributed by atoms with Gasteiger partial charge in [0.25, 0.3) is 0 Å². The average molecular weight is 378 g/mol. The van der Waals surface area contributed by atoms with Crippen molar-refractivity contribution in [2.24, 2.45) is 5.92 Å². The summed E-state index contributed by atoms with van der Waals surface area (Å²) < 4.78 is 5.19. The number of rotatable bonds is 3. The van der Waals surface area contributed by atoms with E-state index in [2.05, 4.69) is 10.2 Å². The van der Waals surface area contributed by atoms with Crippen LogP contribution in [-0.4, -0.2) is 59.1 Å². The van der Waals surface area contributed by atoms with Crippen molar-refractivity contribution in [2.45, 2.75) is 31.6 Å². The number of benzene rings is 1. The van der Waals surface area contributed by atoms with E-state index >= 15 is 0 Å². The molecule has 0 radical (unpaired) electrons. The fraction of sp³-hybridized carbons (Fsp3) is 0.579. The first-order valence-corrected chi connectivity index (χ1v) is 10.1. The van der Waals surface area contributed by atoms with Crippen molar-refractivity contribution in [1.29, 1.82) is 0 Å². The van der Waals surface area contributed by atoms with E-state index < -0.39 is 0 Å². The van der Waals surface area contributed by atoms with Gasteiger partial charge in [-0.15, -0.1) is 11.8 Å². The monoisotopic (exact) mass is 377 g/mol. The Balaban J connectivity index is 1.60. The van der Waals surface area contributed by atoms with Gasteiger partial charge in [-0.2, -0.15) is 0 Å². The zero-order valence-electron chi connectivity index (χ0n) is 15.7. The van der Waals surface area contributed by atoms with Gasteiger partial charge in [-0.1, -0.05) is 19.9 Å². The SMILES string of the molecule is COc1cccc(NC(=O)N2CCC3(CC2)SCCN3C(=O)C(C)C)c1. The topological polar surface area (TPSA) is 61.9 Å². The van der Waals surface area contributed by atoms with Crippen LogP contribution in [0.5, 0.6) is 5.75 Å². The number of nitrogens with one attached hydrogen (secondary N) is 1. The van der Waals surface area contributed by atoms with Crippen LogP contribution in [0.1, 0.15) is 26.7 Å². The molecule has 142 valence electrons. The van der Waals surface area contributed by atoms with Crippen LogP contribution in [-0.2, 0) is 4.79 Å². The lowest BCUT2D eigenvalue weighted by Crippen LogP contribution is -2.55. The number of nitrogens with zero attached hydrogens (tertiary/aromatic N) is 2. The molecule has 2 saturated heterocycles. The number of ether oxygens (including phenoxy) is 1. The minimum Gasteiger partial charge on any atom is -0.497 e. The fourth-order valence-electron chi connectivity index (χ4n) is 3.61. The van der Waals surface area contributed by atoms with Gasteiger partial charge in [0.1, 0.15) is 5.75 Å². The molecule has 1 aromatic rings. The van der Waals surface area contributed by atoms with Gasteiger partial charge in [-0.05, 0) is 25.0 Å². The number of urea groups is 1. The van der Waals surface area contributed by atoms with E-state index in [1.807, 2.05) is 48.7 Å². The number of thioether (sulfide) groups is 1. The number of piperidine rings is 1. The molecule has 0 atom stereocenters. The molecular formula is C19H27N3O3S. The molecule has 3 rings (SSSR count). The summed E-state index contributed by atoms with van der Waals surface area (Å²) >= 11 is 1.87. The fourth-order valence-corrected chi connectivity index (χ4v) is 5.07. The number of likely N-dealkylation sites (tertiary alicyclic amines) is 1. The van der Waals surface area contributed by atoms with Crippen molar-refractivity contribution < 1.29 is 14.3 Å².